The van der Waals surface area contributed by atoms with Gasteiger partial charge in [-0.3, -0.25) is 4.79 Å². The number of benzene rings is 2. The van der Waals surface area contributed by atoms with E-state index in [-0.39, 0.29) is 30.7 Å². The number of primary amides is 1. The molecule has 5 N–H and O–H groups in total. The smallest absolute Gasteiger partial charge is 0.405 e. The average molecular weight is 512 g/mol. The van der Waals surface area contributed by atoms with Crippen LogP contribution in [-0.2, 0) is 22.4 Å². The first kappa shape index (κ1) is 26.0. The van der Waals surface area contributed by atoms with Crippen molar-refractivity contribution in [2.24, 2.45) is 11.7 Å². The zero-order chi connectivity index (χ0) is 25.5. The molecule has 1 heterocycles. The van der Waals surface area contributed by atoms with Crippen molar-refractivity contribution in [3.05, 3.63) is 71.9 Å². The first-order valence-electron chi connectivity index (χ1n) is 12.5. The predicted octanol–water partition coefficient (Wildman–Crippen LogP) is 4.45. The number of fused-ring (bicyclic) bond motifs is 1. The summed E-state index contributed by atoms with van der Waals surface area (Å²) in [5, 5.41) is 13.8. The molecule has 2 amide bonds. The number of ether oxygens (including phenoxy) is 1. The van der Waals surface area contributed by atoms with Crippen molar-refractivity contribution in [2.45, 2.75) is 62.0 Å². The highest BCUT2D eigenvalue weighted by atomic mass is 35.5. The van der Waals surface area contributed by atoms with Crippen LogP contribution in [0.25, 0.3) is 10.9 Å². The van der Waals surface area contributed by atoms with Crippen molar-refractivity contribution in [1.82, 2.24) is 10.3 Å². The number of aliphatic hydroxyl groups excluding tert-OH is 1. The molecule has 1 saturated carbocycles. The monoisotopic (exact) mass is 511 g/mol. The van der Waals surface area contributed by atoms with Gasteiger partial charge >= 0.3 is 6.09 Å². The maximum atomic E-state index is 14.0. The highest BCUT2D eigenvalue weighted by Crippen LogP contribution is 2.38. The molecule has 0 saturated heterocycles. The Hall–Kier alpha value is -3.03. The normalized spacial score (nSPS) is 20.4. The number of aromatic nitrogens is 1. The van der Waals surface area contributed by atoms with E-state index in [9.17, 15) is 14.7 Å². The summed E-state index contributed by atoms with van der Waals surface area (Å²) in [6.07, 6.45) is 5.36. The van der Waals surface area contributed by atoms with Gasteiger partial charge in [0.2, 0.25) is 0 Å². The standard InChI is InChI=1S/C28H34ClN3O4/c29-24-12-6-4-10-20(24)15-28(36-27(30)35,16-21-17-31-25-13-7-5-11-23(21)25)26(34)32-22(18-33)14-19-8-2-1-3-9-19/h1-3,5,7-9,11,13,17,20,22,24,31,33H,4,6,10,12,14-16,18H2,(H2,30,35)(H,32,34). The fourth-order valence-corrected chi connectivity index (χ4v) is 5.71. The van der Waals surface area contributed by atoms with Crippen molar-refractivity contribution >= 4 is 34.5 Å². The SMILES string of the molecule is NC(=O)OC(Cc1c[nH]c2ccccc12)(CC1CCCCC1Cl)C(=O)NC(CO)Cc1ccccc1. The third-order valence-corrected chi connectivity index (χ3v) is 7.72. The molecule has 1 aromatic heterocycles. The van der Waals surface area contributed by atoms with E-state index in [1.807, 2.05) is 60.8 Å². The van der Waals surface area contributed by atoms with Crippen molar-refractivity contribution in [1.29, 1.82) is 0 Å². The highest BCUT2D eigenvalue weighted by molar-refractivity contribution is 6.20. The fourth-order valence-electron chi connectivity index (χ4n) is 5.34. The zero-order valence-electron chi connectivity index (χ0n) is 20.3. The Labute approximate surface area is 216 Å². The summed E-state index contributed by atoms with van der Waals surface area (Å²) in [7, 11) is 0. The number of amides is 2. The van der Waals surface area contributed by atoms with Gasteiger partial charge in [-0.05, 0) is 42.4 Å². The molecule has 4 unspecified atom stereocenters. The molecule has 1 aliphatic rings. The number of aromatic amines is 1. The molecular weight excluding hydrogens is 478 g/mol. The molecule has 3 aromatic rings. The number of halogens is 1. The number of aliphatic hydroxyl groups is 1. The molecule has 0 spiro atoms. The van der Waals surface area contributed by atoms with E-state index in [2.05, 4.69) is 10.3 Å². The topological polar surface area (TPSA) is 117 Å². The summed E-state index contributed by atoms with van der Waals surface area (Å²) >= 11 is 6.70. The van der Waals surface area contributed by atoms with E-state index in [1.54, 1.807) is 0 Å². The largest absolute Gasteiger partial charge is 0.433 e. The lowest BCUT2D eigenvalue weighted by Crippen LogP contribution is -2.57. The lowest BCUT2D eigenvalue weighted by Gasteiger charge is -2.38. The van der Waals surface area contributed by atoms with Crippen LogP contribution in [0.2, 0.25) is 0 Å². The number of hydrogen-bond acceptors (Lipinski definition) is 4. The predicted molar refractivity (Wildman–Crippen MR) is 141 cm³/mol. The molecular formula is C28H34ClN3O4. The van der Waals surface area contributed by atoms with E-state index in [0.717, 1.165) is 47.7 Å². The number of carbonyl (C=O) groups excluding carboxylic acids is 2. The summed E-state index contributed by atoms with van der Waals surface area (Å²) < 4.78 is 5.74. The van der Waals surface area contributed by atoms with Crippen LogP contribution in [0.4, 0.5) is 4.79 Å². The second-order valence-electron chi connectivity index (χ2n) is 9.76. The Morgan fingerprint density at radius 3 is 2.58 bits per heavy atom. The molecule has 2 aromatic carbocycles. The summed E-state index contributed by atoms with van der Waals surface area (Å²) in [6, 6.07) is 16.8. The first-order chi connectivity index (χ1) is 17.4. The fraction of sp³-hybridized carbons (Fsp3) is 0.429. The molecule has 1 aliphatic carbocycles. The number of alkyl halides is 1. The Balaban J connectivity index is 1.68. The summed E-state index contributed by atoms with van der Waals surface area (Å²) in [5.41, 5.74) is 6.72. The number of para-hydroxylation sites is 1. The minimum atomic E-state index is -1.57. The lowest BCUT2D eigenvalue weighted by molar-refractivity contribution is -0.143. The van der Waals surface area contributed by atoms with Gasteiger partial charge in [-0.2, -0.15) is 0 Å². The van der Waals surface area contributed by atoms with E-state index < -0.39 is 23.6 Å². The third-order valence-electron chi connectivity index (χ3n) is 7.15. The molecule has 7 nitrogen and oxygen atoms in total. The van der Waals surface area contributed by atoms with Gasteiger partial charge in [0.15, 0.2) is 5.60 Å². The Bertz CT molecular complexity index is 1170. The molecule has 4 rings (SSSR count). The van der Waals surface area contributed by atoms with Crippen LogP contribution in [0.3, 0.4) is 0 Å². The quantitative estimate of drug-likeness (QED) is 0.301. The Morgan fingerprint density at radius 1 is 1.14 bits per heavy atom. The number of rotatable bonds is 10. The molecule has 192 valence electrons. The average Bonchev–Trinajstić information content (AvgIpc) is 3.27. The van der Waals surface area contributed by atoms with Crippen LogP contribution in [0.5, 0.6) is 0 Å². The Morgan fingerprint density at radius 2 is 1.86 bits per heavy atom. The number of nitrogens with two attached hydrogens (primary N) is 1. The highest BCUT2D eigenvalue weighted by Gasteiger charge is 2.46. The zero-order valence-corrected chi connectivity index (χ0v) is 21.0. The second kappa shape index (κ2) is 11.8. The van der Waals surface area contributed by atoms with Crippen molar-refractivity contribution < 1.29 is 19.4 Å². The second-order valence-corrected chi connectivity index (χ2v) is 10.3. The molecule has 0 radical (unpaired) electrons. The van der Waals surface area contributed by atoms with E-state index in [0.29, 0.717) is 6.42 Å². The minimum Gasteiger partial charge on any atom is -0.433 e. The summed E-state index contributed by atoms with van der Waals surface area (Å²) in [6.45, 7) is -0.262. The number of hydrogen-bond donors (Lipinski definition) is 4. The molecule has 0 aliphatic heterocycles. The van der Waals surface area contributed by atoms with Crippen LogP contribution in [0.1, 0.15) is 43.2 Å². The first-order valence-corrected chi connectivity index (χ1v) is 13.0. The number of carbonyl (C=O) groups is 2. The van der Waals surface area contributed by atoms with Gasteiger partial charge in [-0.15, -0.1) is 11.6 Å². The molecule has 4 atom stereocenters. The maximum absolute atomic E-state index is 14.0. The van der Waals surface area contributed by atoms with Crippen LogP contribution in [0.15, 0.2) is 60.8 Å². The molecule has 1 fully saturated rings. The van der Waals surface area contributed by atoms with Gasteiger partial charge < -0.3 is 25.9 Å². The third kappa shape index (κ3) is 6.20. The van der Waals surface area contributed by atoms with Crippen molar-refractivity contribution in [3.63, 3.8) is 0 Å². The van der Waals surface area contributed by atoms with Crippen LogP contribution in [0, 0.1) is 5.92 Å². The molecule has 36 heavy (non-hydrogen) atoms. The number of H-pyrrole nitrogens is 1. The van der Waals surface area contributed by atoms with Crippen LogP contribution >= 0.6 is 11.6 Å². The van der Waals surface area contributed by atoms with Gasteiger partial charge in [0.25, 0.3) is 5.91 Å². The summed E-state index contributed by atoms with van der Waals surface area (Å²) in [4.78, 5) is 29.4. The summed E-state index contributed by atoms with van der Waals surface area (Å²) in [5.74, 6) is -0.492. The van der Waals surface area contributed by atoms with Gasteiger partial charge in [-0.25, -0.2) is 4.79 Å². The van der Waals surface area contributed by atoms with E-state index >= 15 is 0 Å². The van der Waals surface area contributed by atoms with Crippen molar-refractivity contribution in [2.75, 3.05) is 6.61 Å². The lowest BCUT2D eigenvalue weighted by atomic mass is 9.77. The van der Waals surface area contributed by atoms with Gasteiger partial charge in [0.05, 0.1) is 12.6 Å². The van der Waals surface area contributed by atoms with E-state index in [1.165, 1.54) is 0 Å². The van der Waals surface area contributed by atoms with Crippen LogP contribution < -0.4 is 11.1 Å². The Kier molecular flexibility index (Phi) is 8.54. The van der Waals surface area contributed by atoms with Gasteiger partial charge in [-0.1, -0.05) is 61.4 Å². The van der Waals surface area contributed by atoms with Crippen molar-refractivity contribution in [3.8, 4) is 0 Å². The van der Waals surface area contributed by atoms with Crippen LogP contribution in [-0.4, -0.2) is 45.7 Å². The minimum absolute atomic E-state index is 0.0163. The maximum Gasteiger partial charge on any atom is 0.405 e. The van der Waals surface area contributed by atoms with Gasteiger partial charge in [0, 0.05) is 35.3 Å². The molecule has 8 heteroatoms. The van der Waals surface area contributed by atoms with Gasteiger partial charge in [0.1, 0.15) is 0 Å². The number of nitrogens with one attached hydrogen (secondary N) is 2. The van der Waals surface area contributed by atoms with E-state index in [4.69, 9.17) is 22.1 Å². The molecule has 0 bridgehead atoms.